The summed E-state index contributed by atoms with van der Waals surface area (Å²) in [4.78, 5) is 23.3. The van der Waals surface area contributed by atoms with Gasteiger partial charge in [0.15, 0.2) is 5.78 Å². The van der Waals surface area contributed by atoms with Crippen LogP contribution in [0.2, 0.25) is 5.02 Å². The lowest BCUT2D eigenvalue weighted by Gasteiger charge is -2.12. The lowest BCUT2D eigenvalue weighted by Crippen LogP contribution is -2.07. The van der Waals surface area contributed by atoms with E-state index in [1.54, 1.807) is 18.2 Å². The Kier molecular flexibility index (Phi) is 5.73. The molecule has 0 aliphatic heterocycles. The first-order valence-corrected chi connectivity index (χ1v) is 7.43. The smallest absolute Gasteiger partial charge is 0.168 e. The molecule has 114 valence electrons. The second-order valence-electron chi connectivity index (χ2n) is 5.01. The van der Waals surface area contributed by atoms with Gasteiger partial charge in [-0.1, -0.05) is 48.0 Å². The topological polar surface area (TPSA) is 43.4 Å². The van der Waals surface area contributed by atoms with Crippen LogP contribution in [0.5, 0.6) is 5.75 Å². The SMILES string of the molecule is CC(=O)CCC(=O)c1c(Cl)cccc1OCc1ccccc1. The van der Waals surface area contributed by atoms with Gasteiger partial charge in [-0.25, -0.2) is 0 Å². The zero-order valence-electron chi connectivity index (χ0n) is 12.3. The minimum Gasteiger partial charge on any atom is -0.488 e. The zero-order chi connectivity index (χ0) is 15.9. The standard InChI is InChI=1S/C18H17ClO3/c1-13(20)10-11-16(21)18-15(19)8-5-9-17(18)22-12-14-6-3-2-4-7-14/h2-9H,10-12H2,1H3. The first kappa shape index (κ1) is 16.2. The van der Waals surface area contributed by atoms with Gasteiger partial charge in [0, 0.05) is 12.8 Å². The van der Waals surface area contributed by atoms with Crippen LogP contribution in [0.15, 0.2) is 48.5 Å². The van der Waals surface area contributed by atoms with Gasteiger partial charge >= 0.3 is 0 Å². The molecule has 2 rings (SSSR count). The number of hydrogen-bond donors (Lipinski definition) is 0. The summed E-state index contributed by atoms with van der Waals surface area (Å²) < 4.78 is 5.74. The normalized spacial score (nSPS) is 10.3. The van der Waals surface area contributed by atoms with Crippen molar-refractivity contribution < 1.29 is 14.3 Å². The molecule has 0 spiro atoms. The van der Waals surface area contributed by atoms with Gasteiger partial charge in [-0.05, 0) is 24.6 Å². The van der Waals surface area contributed by atoms with Crippen molar-refractivity contribution in [3.8, 4) is 5.75 Å². The van der Waals surface area contributed by atoms with E-state index in [1.165, 1.54) is 6.92 Å². The molecule has 0 N–H and O–H groups in total. The van der Waals surface area contributed by atoms with Gasteiger partial charge < -0.3 is 9.53 Å². The molecule has 0 radical (unpaired) electrons. The van der Waals surface area contributed by atoms with Gasteiger partial charge in [0.1, 0.15) is 18.1 Å². The second kappa shape index (κ2) is 7.76. The van der Waals surface area contributed by atoms with E-state index in [0.717, 1.165) is 5.56 Å². The minimum absolute atomic E-state index is 0.0212. The van der Waals surface area contributed by atoms with Crippen LogP contribution in [-0.4, -0.2) is 11.6 Å². The quantitative estimate of drug-likeness (QED) is 0.708. The number of hydrogen-bond acceptors (Lipinski definition) is 3. The largest absolute Gasteiger partial charge is 0.488 e. The molecule has 0 fully saturated rings. The number of carbonyl (C=O) groups excluding carboxylic acids is 2. The van der Waals surface area contributed by atoms with Gasteiger partial charge in [0.2, 0.25) is 0 Å². The maximum Gasteiger partial charge on any atom is 0.168 e. The number of carbonyl (C=O) groups is 2. The van der Waals surface area contributed by atoms with Crippen molar-refractivity contribution in [2.24, 2.45) is 0 Å². The Labute approximate surface area is 134 Å². The predicted molar refractivity (Wildman–Crippen MR) is 86.5 cm³/mol. The Balaban J connectivity index is 2.15. The van der Waals surface area contributed by atoms with Crippen LogP contribution in [0.4, 0.5) is 0 Å². The average molecular weight is 317 g/mol. The summed E-state index contributed by atoms with van der Waals surface area (Å²) in [6, 6.07) is 14.8. The molecule has 0 amide bonds. The number of benzene rings is 2. The Morgan fingerprint density at radius 1 is 1.00 bits per heavy atom. The van der Waals surface area contributed by atoms with Crippen molar-refractivity contribution in [2.75, 3.05) is 0 Å². The molecular weight excluding hydrogens is 300 g/mol. The summed E-state index contributed by atoms with van der Waals surface area (Å²) >= 11 is 6.14. The predicted octanol–water partition coefficient (Wildman–Crippen LogP) is 4.47. The van der Waals surface area contributed by atoms with E-state index in [1.807, 2.05) is 30.3 Å². The summed E-state index contributed by atoms with van der Waals surface area (Å²) in [5.74, 6) is 0.251. The van der Waals surface area contributed by atoms with Crippen LogP contribution in [0.25, 0.3) is 0 Å². The van der Waals surface area contributed by atoms with Crippen molar-refractivity contribution >= 4 is 23.2 Å². The maximum atomic E-state index is 12.3. The first-order chi connectivity index (χ1) is 10.6. The number of Topliss-reactive ketones (excluding diaryl/α,β-unsaturated/α-hetero) is 2. The number of halogens is 1. The molecule has 3 nitrogen and oxygen atoms in total. The molecular formula is C18H17ClO3. The molecule has 22 heavy (non-hydrogen) atoms. The lowest BCUT2D eigenvalue weighted by molar-refractivity contribution is -0.116. The molecule has 0 saturated carbocycles. The van der Waals surface area contributed by atoms with Gasteiger partial charge in [0.25, 0.3) is 0 Å². The van der Waals surface area contributed by atoms with Crippen LogP contribution in [0, 0.1) is 0 Å². The van der Waals surface area contributed by atoms with E-state index < -0.39 is 0 Å². The van der Waals surface area contributed by atoms with Crippen LogP contribution >= 0.6 is 11.6 Å². The average Bonchev–Trinajstić information content (AvgIpc) is 2.51. The highest BCUT2D eigenvalue weighted by molar-refractivity contribution is 6.34. The van der Waals surface area contributed by atoms with Crippen LogP contribution < -0.4 is 4.74 Å². The third-order valence-electron chi connectivity index (χ3n) is 3.20. The highest BCUT2D eigenvalue weighted by atomic mass is 35.5. The molecule has 0 aliphatic rings. The molecule has 2 aromatic carbocycles. The molecule has 0 saturated heterocycles. The Bertz CT molecular complexity index is 665. The molecule has 0 heterocycles. The van der Waals surface area contributed by atoms with Gasteiger partial charge in [-0.2, -0.15) is 0 Å². The zero-order valence-corrected chi connectivity index (χ0v) is 13.1. The summed E-state index contributed by atoms with van der Waals surface area (Å²) in [6.07, 6.45) is 0.350. The summed E-state index contributed by atoms with van der Waals surface area (Å²) in [5.41, 5.74) is 1.35. The van der Waals surface area contributed by atoms with E-state index in [4.69, 9.17) is 16.3 Å². The van der Waals surface area contributed by atoms with Crippen LogP contribution in [0.1, 0.15) is 35.7 Å². The number of rotatable bonds is 7. The third-order valence-corrected chi connectivity index (χ3v) is 3.51. The first-order valence-electron chi connectivity index (χ1n) is 7.06. The molecule has 4 heteroatoms. The van der Waals surface area contributed by atoms with E-state index in [2.05, 4.69) is 0 Å². The Morgan fingerprint density at radius 3 is 2.41 bits per heavy atom. The fourth-order valence-electron chi connectivity index (χ4n) is 2.05. The molecule has 0 unspecified atom stereocenters. The Morgan fingerprint density at radius 2 is 1.73 bits per heavy atom. The van der Waals surface area contributed by atoms with Crippen molar-refractivity contribution in [1.29, 1.82) is 0 Å². The van der Waals surface area contributed by atoms with Gasteiger partial charge in [-0.15, -0.1) is 0 Å². The maximum absolute atomic E-state index is 12.3. The van der Waals surface area contributed by atoms with Crippen molar-refractivity contribution in [3.63, 3.8) is 0 Å². The summed E-state index contributed by atoms with van der Waals surface area (Å²) in [6.45, 7) is 1.82. The number of ketones is 2. The van der Waals surface area contributed by atoms with E-state index in [-0.39, 0.29) is 24.4 Å². The summed E-state index contributed by atoms with van der Waals surface area (Å²) in [7, 11) is 0. The van der Waals surface area contributed by atoms with Gasteiger partial charge in [0.05, 0.1) is 10.6 Å². The molecule has 0 bridgehead atoms. The van der Waals surface area contributed by atoms with Crippen molar-refractivity contribution in [2.45, 2.75) is 26.4 Å². The molecule has 0 aliphatic carbocycles. The van der Waals surface area contributed by atoms with E-state index in [0.29, 0.717) is 22.9 Å². The van der Waals surface area contributed by atoms with E-state index >= 15 is 0 Å². The molecule has 0 aromatic heterocycles. The fraction of sp³-hybridized carbons (Fsp3) is 0.222. The van der Waals surface area contributed by atoms with Crippen molar-refractivity contribution in [1.82, 2.24) is 0 Å². The summed E-state index contributed by atoms with van der Waals surface area (Å²) in [5, 5.41) is 0.346. The van der Waals surface area contributed by atoms with E-state index in [9.17, 15) is 9.59 Å². The highest BCUT2D eigenvalue weighted by Gasteiger charge is 2.17. The monoisotopic (exact) mass is 316 g/mol. The molecule has 0 atom stereocenters. The Hall–Kier alpha value is -2.13. The fourth-order valence-corrected chi connectivity index (χ4v) is 2.32. The highest BCUT2D eigenvalue weighted by Crippen LogP contribution is 2.28. The van der Waals surface area contributed by atoms with Gasteiger partial charge in [-0.3, -0.25) is 4.79 Å². The van der Waals surface area contributed by atoms with Crippen molar-refractivity contribution in [3.05, 3.63) is 64.7 Å². The van der Waals surface area contributed by atoms with Crippen LogP contribution in [-0.2, 0) is 11.4 Å². The lowest BCUT2D eigenvalue weighted by atomic mass is 10.0. The second-order valence-corrected chi connectivity index (χ2v) is 5.42. The minimum atomic E-state index is -0.177. The third kappa shape index (κ3) is 4.43. The van der Waals surface area contributed by atoms with Crippen LogP contribution in [0.3, 0.4) is 0 Å². The number of ether oxygens (including phenoxy) is 1. The molecule has 2 aromatic rings.